The average Bonchev–Trinajstić information content (AvgIpc) is 2.79. The SMILES string of the molecule is COc1ccc(C2C=CCC(C#N)(C#N)C3=CCCCC32)cc1. The zero-order chi connectivity index (χ0) is 16.3. The Morgan fingerprint density at radius 2 is 1.91 bits per heavy atom. The van der Waals surface area contributed by atoms with Gasteiger partial charge in [0.05, 0.1) is 19.2 Å². The van der Waals surface area contributed by atoms with Crippen molar-refractivity contribution in [2.45, 2.75) is 31.6 Å². The predicted octanol–water partition coefficient (Wildman–Crippen LogP) is 4.50. The molecule has 1 aromatic rings. The minimum absolute atomic E-state index is 0.219. The molecule has 3 nitrogen and oxygen atoms in total. The summed E-state index contributed by atoms with van der Waals surface area (Å²) >= 11 is 0. The molecule has 2 atom stereocenters. The Kier molecular flexibility index (Phi) is 4.22. The van der Waals surface area contributed by atoms with Crippen LogP contribution in [0.25, 0.3) is 0 Å². The molecule has 0 heterocycles. The van der Waals surface area contributed by atoms with E-state index in [2.05, 4.69) is 36.4 Å². The van der Waals surface area contributed by atoms with E-state index in [9.17, 15) is 10.5 Å². The fourth-order valence-electron chi connectivity index (χ4n) is 3.82. The first-order valence-corrected chi connectivity index (χ1v) is 8.08. The Morgan fingerprint density at radius 3 is 2.57 bits per heavy atom. The molecule has 0 aromatic heterocycles. The molecule has 1 aromatic carbocycles. The van der Waals surface area contributed by atoms with E-state index in [0.717, 1.165) is 30.6 Å². The standard InChI is InChI=1S/C20H20N2O/c1-23-16-10-8-15(9-11-16)17-6-4-12-20(13-21,14-22)19-7-3-2-5-18(17)19/h4,6-11,17-18H,2-3,5,12H2,1H3. The smallest absolute Gasteiger partial charge is 0.168 e. The maximum Gasteiger partial charge on any atom is 0.168 e. The van der Waals surface area contributed by atoms with Crippen LogP contribution < -0.4 is 4.74 Å². The summed E-state index contributed by atoms with van der Waals surface area (Å²) in [6, 6.07) is 12.7. The largest absolute Gasteiger partial charge is 0.497 e. The molecule has 0 amide bonds. The van der Waals surface area contributed by atoms with E-state index in [1.165, 1.54) is 5.56 Å². The predicted molar refractivity (Wildman–Crippen MR) is 88.6 cm³/mol. The van der Waals surface area contributed by atoms with E-state index in [4.69, 9.17) is 4.74 Å². The molecule has 0 saturated carbocycles. The van der Waals surface area contributed by atoms with Crippen molar-refractivity contribution in [3.05, 3.63) is 53.6 Å². The van der Waals surface area contributed by atoms with E-state index in [1.807, 2.05) is 18.2 Å². The molecule has 0 aliphatic heterocycles. The molecule has 116 valence electrons. The molecule has 2 unspecified atom stereocenters. The highest BCUT2D eigenvalue weighted by molar-refractivity contribution is 5.43. The summed E-state index contributed by atoms with van der Waals surface area (Å²) in [5.41, 5.74) is 1.24. The lowest BCUT2D eigenvalue weighted by molar-refractivity contribution is 0.410. The lowest BCUT2D eigenvalue weighted by Gasteiger charge is -2.34. The number of allylic oxidation sites excluding steroid dienone is 4. The molecular weight excluding hydrogens is 284 g/mol. The third-order valence-electron chi connectivity index (χ3n) is 5.06. The van der Waals surface area contributed by atoms with Gasteiger partial charge in [-0.1, -0.05) is 30.4 Å². The molecule has 2 aliphatic carbocycles. The second kappa shape index (κ2) is 6.31. The van der Waals surface area contributed by atoms with Crippen LogP contribution in [0.2, 0.25) is 0 Å². The Bertz CT molecular complexity index is 701. The highest BCUT2D eigenvalue weighted by atomic mass is 16.5. The van der Waals surface area contributed by atoms with Crippen LogP contribution in [0.1, 0.15) is 37.2 Å². The number of nitrogens with zero attached hydrogens (tertiary/aromatic N) is 2. The van der Waals surface area contributed by atoms with Gasteiger partial charge in [0.25, 0.3) is 0 Å². The van der Waals surface area contributed by atoms with Crippen LogP contribution in [-0.2, 0) is 0 Å². The van der Waals surface area contributed by atoms with Crippen molar-refractivity contribution >= 4 is 0 Å². The van der Waals surface area contributed by atoms with Gasteiger partial charge in [-0.2, -0.15) is 10.5 Å². The van der Waals surface area contributed by atoms with Crippen molar-refractivity contribution in [2.75, 3.05) is 7.11 Å². The number of ether oxygens (including phenoxy) is 1. The molecule has 0 saturated heterocycles. The van der Waals surface area contributed by atoms with Crippen molar-refractivity contribution < 1.29 is 4.74 Å². The van der Waals surface area contributed by atoms with Gasteiger partial charge in [0.1, 0.15) is 5.75 Å². The number of hydrogen-bond acceptors (Lipinski definition) is 3. The molecule has 0 bridgehead atoms. The van der Waals surface area contributed by atoms with Crippen LogP contribution in [0.4, 0.5) is 0 Å². The van der Waals surface area contributed by atoms with Crippen LogP contribution in [0.15, 0.2) is 48.1 Å². The summed E-state index contributed by atoms with van der Waals surface area (Å²) in [4.78, 5) is 0. The second-order valence-corrected chi connectivity index (χ2v) is 6.26. The summed E-state index contributed by atoms with van der Waals surface area (Å²) in [5.74, 6) is 1.29. The second-order valence-electron chi connectivity index (χ2n) is 6.26. The third kappa shape index (κ3) is 2.64. The van der Waals surface area contributed by atoms with E-state index in [0.29, 0.717) is 6.42 Å². The normalized spacial score (nSPS) is 25.3. The number of nitriles is 2. The number of rotatable bonds is 2. The Hall–Kier alpha value is -2.52. The molecule has 0 radical (unpaired) electrons. The third-order valence-corrected chi connectivity index (χ3v) is 5.06. The monoisotopic (exact) mass is 304 g/mol. The molecular formula is C20H20N2O. The van der Waals surface area contributed by atoms with Crippen LogP contribution >= 0.6 is 0 Å². The zero-order valence-electron chi connectivity index (χ0n) is 13.3. The summed E-state index contributed by atoms with van der Waals surface area (Å²) in [6.07, 6.45) is 9.92. The van der Waals surface area contributed by atoms with Crippen molar-refractivity contribution in [3.8, 4) is 17.9 Å². The van der Waals surface area contributed by atoms with Crippen LogP contribution in [0.3, 0.4) is 0 Å². The fraction of sp³-hybridized carbons (Fsp3) is 0.400. The van der Waals surface area contributed by atoms with Gasteiger partial charge >= 0.3 is 0 Å². The highest BCUT2D eigenvalue weighted by Gasteiger charge is 2.42. The Balaban J connectivity index is 2.03. The van der Waals surface area contributed by atoms with Gasteiger partial charge in [-0.15, -0.1) is 0 Å². The zero-order valence-corrected chi connectivity index (χ0v) is 13.3. The summed E-state index contributed by atoms with van der Waals surface area (Å²) in [7, 11) is 1.66. The number of hydrogen-bond donors (Lipinski definition) is 0. The van der Waals surface area contributed by atoms with Crippen LogP contribution in [0, 0.1) is 34.0 Å². The molecule has 0 fully saturated rings. The molecule has 2 aliphatic rings. The first-order chi connectivity index (χ1) is 11.2. The first-order valence-electron chi connectivity index (χ1n) is 8.08. The van der Waals surface area contributed by atoms with Gasteiger partial charge in [-0.05, 0) is 48.4 Å². The number of fused-ring (bicyclic) bond motifs is 1. The van der Waals surface area contributed by atoms with Gasteiger partial charge in [0.15, 0.2) is 5.41 Å². The molecule has 23 heavy (non-hydrogen) atoms. The van der Waals surface area contributed by atoms with E-state index in [1.54, 1.807) is 7.11 Å². The van der Waals surface area contributed by atoms with Crippen molar-refractivity contribution in [3.63, 3.8) is 0 Å². The maximum absolute atomic E-state index is 9.67. The fourth-order valence-corrected chi connectivity index (χ4v) is 3.82. The number of benzene rings is 1. The van der Waals surface area contributed by atoms with E-state index < -0.39 is 5.41 Å². The highest BCUT2D eigenvalue weighted by Crippen LogP contribution is 2.49. The average molecular weight is 304 g/mol. The van der Waals surface area contributed by atoms with Gasteiger partial charge in [-0.25, -0.2) is 0 Å². The first kappa shape index (κ1) is 15.4. The minimum atomic E-state index is -0.997. The van der Waals surface area contributed by atoms with E-state index >= 15 is 0 Å². The topological polar surface area (TPSA) is 56.8 Å². The molecule has 0 spiro atoms. The Morgan fingerprint density at radius 1 is 1.17 bits per heavy atom. The van der Waals surface area contributed by atoms with Crippen molar-refractivity contribution in [2.24, 2.45) is 11.3 Å². The number of methoxy groups -OCH3 is 1. The lowest BCUT2D eigenvalue weighted by Crippen LogP contribution is -2.27. The quantitative estimate of drug-likeness (QED) is 0.756. The lowest BCUT2D eigenvalue weighted by atomic mass is 9.67. The van der Waals surface area contributed by atoms with E-state index in [-0.39, 0.29) is 11.8 Å². The summed E-state index contributed by atoms with van der Waals surface area (Å²) in [5, 5.41) is 19.3. The molecule has 0 N–H and O–H groups in total. The molecule has 3 heteroatoms. The van der Waals surface area contributed by atoms with Crippen LogP contribution in [-0.4, -0.2) is 7.11 Å². The summed E-state index contributed by atoms with van der Waals surface area (Å²) in [6.45, 7) is 0. The van der Waals surface area contributed by atoms with Gasteiger partial charge in [-0.3, -0.25) is 0 Å². The van der Waals surface area contributed by atoms with Gasteiger partial charge in [0, 0.05) is 12.3 Å². The van der Waals surface area contributed by atoms with Crippen LogP contribution in [0.5, 0.6) is 5.75 Å². The minimum Gasteiger partial charge on any atom is -0.497 e. The maximum atomic E-state index is 9.67. The Labute approximate surface area is 137 Å². The van der Waals surface area contributed by atoms with Gasteiger partial charge < -0.3 is 4.74 Å². The van der Waals surface area contributed by atoms with Crippen molar-refractivity contribution in [1.29, 1.82) is 10.5 Å². The molecule has 3 rings (SSSR count). The summed E-state index contributed by atoms with van der Waals surface area (Å²) < 4.78 is 5.24. The van der Waals surface area contributed by atoms with Crippen molar-refractivity contribution in [1.82, 2.24) is 0 Å². The van der Waals surface area contributed by atoms with Gasteiger partial charge in [0.2, 0.25) is 0 Å².